The highest BCUT2D eigenvalue weighted by molar-refractivity contribution is 7.89. The minimum absolute atomic E-state index is 0.183. The highest BCUT2D eigenvalue weighted by Crippen LogP contribution is 2.10. The van der Waals surface area contributed by atoms with Crippen LogP contribution in [0.4, 0.5) is 0 Å². The monoisotopic (exact) mass is 268 g/mol. The third-order valence-corrected chi connectivity index (χ3v) is 3.54. The largest absolute Gasteiger partial charge is 0.383 e. The van der Waals surface area contributed by atoms with Gasteiger partial charge in [-0.25, -0.2) is 13.1 Å². The summed E-state index contributed by atoms with van der Waals surface area (Å²) in [6.07, 6.45) is 0. The molecule has 0 unspecified atom stereocenters. The summed E-state index contributed by atoms with van der Waals surface area (Å²) in [5.74, 6) is 5.47. The van der Waals surface area contributed by atoms with Crippen LogP contribution in [0.2, 0.25) is 0 Å². The zero-order valence-corrected chi connectivity index (χ0v) is 11.0. The Bertz CT molecular complexity index is 544. The maximum Gasteiger partial charge on any atom is 0.240 e. The minimum atomic E-state index is -3.51. The molecule has 0 saturated carbocycles. The van der Waals surface area contributed by atoms with Crippen molar-refractivity contribution >= 4 is 10.0 Å². The smallest absolute Gasteiger partial charge is 0.240 e. The van der Waals surface area contributed by atoms with Gasteiger partial charge in [-0.15, -0.1) is 0 Å². The average Bonchev–Trinajstić information content (AvgIpc) is 2.37. The van der Waals surface area contributed by atoms with Crippen molar-refractivity contribution in [2.75, 3.05) is 26.8 Å². The van der Waals surface area contributed by atoms with Crippen molar-refractivity contribution < 1.29 is 13.2 Å². The van der Waals surface area contributed by atoms with Crippen LogP contribution in [0.5, 0.6) is 0 Å². The van der Waals surface area contributed by atoms with Crippen LogP contribution in [0.1, 0.15) is 5.56 Å². The molecule has 0 bridgehead atoms. The molecule has 6 heteroatoms. The lowest BCUT2D eigenvalue weighted by Crippen LogP contribution is -2.27. The summed E-state index contributed by atoms with van der Waals surface area (Å²) >= 11 is 0. The van der Waals surface area contributed by atoms with Crippen molar-refractivity contribution in [3.05, 3.63) is 29.8 Å². The van der Waals surface area contributed by atoms with Gasteiger partial charge < -0.3 is 10.5 Å². The summed E-state index contributed by atoms with van der Waals surface area (Å²) in [6.45, 7) is 0.798. The highest BCUT2D eigenvalue weighted by atomic mass is 32.2. The van der Waals surface area contributed by atoms with Gasteiger partial charge in [-0.1, -0.05) is 17.9 Å². The Hall–Kier alpha value is -1.39. The first-order chi connectivity index (χ1) is 8.60. The van der Waals surface area contributed by atoms with Gasteiger partial charge in [0, 0.05) is 19.2 Å². The fraction of sp³-hybridized carbons (Fsp3) is 0.333. The number of ether oxygens (including phenoxy) is 1. The molecular weight excluding hydrogens is 252 g/mol. The van der Waals surface area contributed by atoms with E-state index in [1.54, 1.807) is 12.1 Å². The normalized spacial score (nSPS) is 10.8. The Morgan fingerprint density at radius 1 is 1.44 bits per heavy atom. The van der Waals surface area contributed by atoms with Gasteiger partial charge in [0.1, 0.15) is 0 Å². The summed E-state index contributed by atoms with van der Waals surface area (Å²) in [5, 5.41) is 0. The van der Waals surface area contributed by atoms with Crippen LogP contribution in [-0.2, 0) is 14.8 Å². The number of hydrogen-bond acceptors (Lipinski definition) is 4. The van der Waals surface area contributed by atoms with Gasteiger partial charge >= 0.3 is 0 Å². The number of benzene rings is 1. The highest BCUT2D eigenvalue weighted by Gasteiger charge is 2.12. The minimum Gasteiger partial charge on any atom is -0.383 e. The van der Waals surface area contributed by atoms with E-state index in [9.17, 15) is 8.42 Å². The fourth-order valence-corrected chi connectivity index (χ4v) is 2.31. The quantitative estimate of drug-likeness (QED) is 0.578. The second-order valence-corrected chi connectivity index (χ2v) is 5.19. The Balaban J connectivity index is 2.88. The van der Waals surface area contributed by atoms with Crippen LogP contribution in [0.15, 0.2) is 29.2 Å². The lowest BCUT2D eigenvalue weighted by molar-refractivity contribution is 0.204. The molecule has 0 spiro atoms. The predicted octanol–water partition coefficient (Wildman–Crippen LogP) is -0.0785. The van der Waals surface area contributed by atoms with Crippen LogP contribution in [-0.4, -0.2) is 35.2 Å². The van der Waals surface area contributed by atoms with E-state index in [1.165, 1.54) is 19.2 Å². The van der Waals surface area contributed by atoms with Crippen molar-refractivity contribution in [1.29, 1.82) is 0 Å². The van der Waals surface area contributed by atoms with Crippen LogP contribution >= 0.6 is 0 Å². The number of hydrogen-bond donors (Lipinski definition) is 2. The maximum absolute atomic E-state index is 11.9. The summed E-state index contributed by atoms with van der Waals surface area (Å²) in [7, 11) is -2.00. The topological polar surface area (TPSA) is 81.4 Å². The molecule has 0 saturated heterocycles. The van der Waals surface area contributed by atoms with Crippen molar-refractivity contribution in [3.8, 4) is 11.8 Å². The number of sulfonamides is 1. The summed E-state index contributed by atoms with van der Waals surface area (Å²) in [5.41, 5.74) is 5.88. The first-order valence-corrected chi connectivity index (χ1v) is 6.86. The Labute approximate surface area is 107 Å². The van der Waals surface area contributed by atoms with Crippen LogP contribution < -0.4 is 10.5 Å². The Morgan fingerprint density at radius 2 is 2.22 bits per heavy atom. The first kappa shape index (κ1) is 14.7. The van der Waals surface area contributed by atoms with Gasteiger partial charge in [0.25, 0.3) is 0 Å². The lowest BCUT2D eigenvalue weighted by Gasteiger charge is -2.06. The van der Waals surface area contributed by atoms with Crippen molar-refractivity contribution in [2.24, 2.45) is 5.73 Å². The van der Waals surface area contributed by atoms with Gasteiger partial charge in [0.2, 0.25) is 10.0 Å². The molecule has 0 aliphatic carbocycles. The molecule has 18 heavy (non-hydrogen) atoms. The van der Waals surface area contributed by atoms with E-state index in [1.807, 2.05) is 0 Å². The van der Waals surface area contributed by atoms with Crippen LogP contribution in [0.25, 0.3) is 0 Å². The van der Waals surface area contributed by atoms with E-state index in [0.717, 1.165) is 0 Å². The molecule has 0 heterocycles. The molecule has 0 aromatic heterocycles. The Morgan fingerprint density at radius 3 is 2.89 bits per heavy atom. The lowest BCUT2D eigenvalue weighted by atomic mass is 10.2. The van der Waals surface area contributed by atoms with Gasteiger partial charge in [-0.2, -0.15) is 0 Å². The molecule has 0 atom stereocenters. The maximum atomic E-state index is 11.9. The van der Waals surface area contributed by atoms with E-state index < -0.39 is 10.0 Å². The molecule has 5 nitrogen and oxygen atoms in total. The van der Waals surface area contributed by atoms with E-state index in [2.05, 4.69) is 16.6 Å². The van der Waals surface area contributed by atoms with E-state index >= 15 is 0 Å². The molecular formula is C12H16N2O3S. The number of nitrogens with one attached hydrogen (secondary N) is 1. The molecule has 3 N–H and O–H groups in total. The second-order valence-electron chi connectivity index (χ2n) is 3.42. The molecule has 0 amide bonds. The number of rotatable bonds is 5. The molecule has 0 fully saturated rings. The summed E-state index contributed by atoms with van der Waals surface area (Å²) < 4.78 is 31.0. The van der Waals surface area contributed by atoms with E-state index in [0.29, 0.717) is 12.2 Å². The molecule has 0 aliphatic heterocycles. The zero-order chi connectivity index (χ0) is 13.4. The van der Waals surface area contributed by atoms with Gasteiger partial charge in [-0.05, 0) is 18.2 Å². The number of nitrogens with two attached hydrogens (primary N) is 1. The molecule has 0 aliphatic rings. The van der Waals surface area contributed by atoms with Crippen molar-refractivity contribution in [2.45, 2.75) is 4.90 Å². The van der Waals surface area contributed by atoms with Gasteiger partial charge in [0.15, 0.2) is 0 Å². The molecule has 98 valence electrons. The van der Waals surface area contributed by atoms with E-state index in [-0.39, 0.29) is 18.0 Å². The van der Waals surface area contributed by atoms with Crippen LogP contribution in [0.3, 0.4) is 0 Å². The zero-order valence-electron chi connectivity index (χ0n) is 10.1. The third kappa shape index (κ3) is 4.47. The summed E-state index contributed by atoms with van der Waals surface area (Å²) in [4.78, 5) is 0.183. The molecule has 1 rings (SSSR count). The van der Waals surface area contributed by atoms with E-state index in [4.69, 9.17) is 10.5 Å². The fourth-order valence-electron chi connectivity index (χ4n) is 1.26. The van der Waals surface area contributed by atoms with Crippen molar-refractivity contribution in [1.82, 2.24) is 4.72 Å². The van der Waals surface area contributed by atoms with Gasteiger partial charge in [-0.3, -0.25) is 0 Å². The Kier molecular flexibility index (Phi) is 5.82. The van der Waals surface area contributed by atoms with Crippen molar-refractivity contribution in [3.63, 3.8) is 0 Å². The summed E-state index contributed by atoms with van der Waals surface area (Å²) in [6, 6.07) is 6.41. The third-order valence-electron chi connectivity index (χ3n) is 2.08. The number of methoxy groups -OCH3 is 1. The second kappa shape index (κ2) is 7.13. The molecule has 1 aromatic carbocycles. The standard InChI is InChI=1S/C12H16N2O3S/c1-17-9-8-14-18(15,16)12-6-2-4-11(10-12)5-3-7-13/h2,4,6,10,14H,7-9,13H2,1H3. The van der Waals surface area contributed by atoms with Gasteiger partial charge in [0.05, 0.1) is 18.0 Å². The molecule has 1 aromatic rings. The van der Waals surface area contributed by atoms with Crippen LogP contribution in [0, 0.1) is 11.8 Å². The average molecular weight is 268 g/mol. The first-order valence-electron chi connectivity index (χ1n) is 5.38. The SMILES string of the molecule is COCCNS(=O)(=O)c1cccc(C#CCN)c1. The predicted molar refractivity (Wildman–Crippen MR) is 69.4 cm³/mol. The molecule has 0 radical (unpaired) electrons.